The maximum Gasteiger partial charge on any atom is 0.253 e. The summed E-state index contributed by atoms with van der Waals surface area (Å²) in [5.41, 5.74) is 1.51. The smallest absolute Gasteiger partial charge is 0.253 e. The van der Waals surface area contributed by atoms with Gasteiger partial charge in [-0.1, -0.05) is 26.7 Å². The number of hydrogen-bond acceptors (Lipinski definition) is 3. The van der Waals surface area contributed by atoms with Crippen LogP contribution in [0.15, 0.2) is 29.1 Å². The van der Waals surface area contributed by atoms with Gasteiger partial charge in [0.2, 0.25) is 0 Å². The predicted octanol–water partition coefficient (Wildman–Crippen LogP) is 4.20. The molecule has 28 heavy (non-hydrogen) atoms. The SMILES string of the molecule is CCOc1ccc2[nH]c(=O)c(CN(C(=S)NCC(C)C)C3CCCC3)cc2c1. The largest absolute Gasteiger partial charge is 0.494 e. The summed E-state index contributed by atoms with van der Waals surface area (Å²) in [6, 6.07) is 8.14. The standard InChI is InChI=1S/C22H31N3O2S/c1-4-27-19-9-10-20-16(12-19)11-17(21(26)24-20)14-25(18-7-5-6-8-18)22(28)23-13-15(2)3/h9-12,15,18H,4-8,13-14H2,1-3H3,(H,23,28)(H,24,26). The van der Waals surface area contributed by atoms with Crippen molar-refractivity contribution in [2.45, 2.75) is 59.0 Å². The quantitative estimate of drug-likeness (QED) is 0.681. The Hall–Kier alpha value is -2.08. The van der Waals surface area contributed by atoms with E-state index in [2.05, 4.69) is 29.0 Å². The molecular formula is C22H31N3O2S. The van der Waals surface area contributed by atoms with Crippen molar-refractivity contribution in [1.29, 1.82) is 0 Å². The number of aromatic amines is 1. The van der Waals surface area contributed by atoms with Gasteiger partial charge in [0.05, 0.1) is 13.2 Å². The minimum absolute atomic E-state index is 0.0497. The van der Waals surface area contributed by atoms with Crippen molar-refractivity contribution < 1.29 is 4.74 Å². The number of pyridine rings is 1. The molecule has 1 fully saturated rings. The summed E-state index contributed by atoms with van der Waals surface area (Å²) in [5, 5.41) is 5.12. The Morgan fingerprint density at radius 3 is 2.75 bits per heavy atom. The molecule has 1 aromatic carbocycles. The van der Waals surface area contributed by atoms with Crippen LogP contribution >= 0.6 is 12.2 Å². The highest BCUT2D eigenvalue weighted by molar-refractivity contribution is 7.80. The zero-order chi connectivity index (χ0) is 20.1. The molecule has 1 aromatic heterocycles. The summed E-state index contributed by atoms with van der Waals surface area (Å²) in [7, 11) is 0. The van der Waals surface area contributed by atoms with Crippen LogP contribution in [0.5, 0.6) is 5.75 Å². The third-order valence-corrected chi connectivity index (χ3v) is 5.61. The van der Waals surface area contributed by atoms with Crippen LogP contribution in [-0.4, -0.2) is 34.2 Å². The third-order valence-electron chi connectivity index (χ3n) is 5.23. The van der Waals surface area contributed by atoms with E-state index in [1.807, 2.05) is 31.2 Å². The highest BCUT2D eigenvalue weighted by Crippen LogP contribution is 2.26. The van der Waals surface area contributed by atoms with Gasteiger partial charge in [-0.25, -0.2) is 0 Å². The molecule has 0 unspecified atom stereocenters. The van der Waals surface area contributed by atoms with E-state index in [9.17, 15) is 4.79 Å². The number of thiocarbonyl (C=S) groups is 1. The van der Waals surface area contributed by atoms with Crippen LogP contribution in [0.2, 0.25) is 0 Å². The minimum atomic E-state index is -0.0497. The van der Waals surface area contributed by atoms with Gasteiger partial charge in [-0.15, -0.1) is 0 Å². The summed E-state index contributed by atoms with van der Waals surface area (Å²) in [4.78, 5) is 17.9. The molecule has 1 aliphatic rings. The molecule has 5 nitrogen and oxygen atoms in total. The summed E-state index contributed by atoms with van der Waals surface area (Å²) < 4.78 is 5.61. The van der Waals surface area contributed by atoms with Gasteiger partial charge in [-0.2, -0.15) is 0 Å². The van der Waals surface area contributed by atoms with Crippen molar-refractivity contribution in [1.82, 2.24) is 15.2 Å². The van der Waals surface area contributed by atoms with Crippen LogP contribution in [-0.2, 0) is 6.54 Å². The van der Waals surface area contributed by atoms with Crippen molar-refractivity contribution in [2.75, 3.05) is 13.2 Å². The normalized spacial score (nSPS) is 14.6. The first-order chi connectivity index (χ1) is 13.5. The van der Waals surface area contributed by atoms with Crippen molar-refractivity contribution in [3.63, 3.8) is 0 Å². The molecule has 152 valence electrons. The summed E-state index contributed by atoms with van der Waals surface area (Å²) in [5.74, 6) is 1.33. The zero-order valence-electron chi connectivity index (χ0n) is 17.1. The molecule has 1 saturated carbocycles. The Labute approximate surface area is 172 Å². The second-order valence-corrected chi connectivity index (χ2v) is 8.34. The lowest BCUT2D eigenvalue weighted by Crippen LogP contribution is -2.46. The van der Waals surface area contributed by atoms with Gasteiger partial charge in [-0.3, -0.25) is 4.79 Å². The molecule has 0 spiro atoms. The minimum Gasteiger partial charge on any atom is -0.494 e. The Morgan fingerprint density at radius 1 is 1.32 bits per heavy atom. The van der Waals surface area contributed by atoms with E-state index in [0.29, 0.717) is 25.1 Å². The number of fused-ring (bicyclic) bond motifs is 1. The lowest BCUT2D eigenvalue weighted by atomic mass is 10.1. The number of benzene rings is 1. The summed E-state index contributed by atoms with van der Waals surface area (Å²) in [6.07, 6.45) is 4.70. The van der Waals surface area contributed by atoms with Crippen LogP contribution in [0.25, 0.3) is 10.9 Å². The van der Waals surface area contributed by atoms with E-state index >= 15 is 0 Å². The number of H-pyrrole nitrogens is 1. The van der Waals surface area contributed by atoms with Crippen LogP contribution in [0.1, 0.15) is 52.0 Å². The first-order valence-electron chi connectivity index (χ1n) is 10.3. The van der Waals surface area contributed by atoms with Crippen LogP contribution in [0, 0.1) is 5.92 Å². The lowest BCUT2D eigenvalue weighted by Gasteiger charge is -2.32. The molecule has 0 amide bonds. The fourth-order valence-electron chi connectivity index (χ4n) is 3.76. The molecule has 0 radical (unpaired) electrons. The molecule has 0 saturated heterocycles. The second-order valence-electron chi connectivity index (χ2n) is 7.95. The molecule has 2 aromatic rings. The molecule has 0 aliphatic heterocycles. The second kappa shape index (κ2) is 9.41. The van der Waals surface area contributed by atoms with Crippen molar-refractivity contribution in [3.8, 4) is 5.75 Å². The highest BCUT2D eigenvalue weighted by Gasteiger charge is 2.25. The van der Waals surface area contributed by atoms with Gasteiger partial charge >= 0.3 is 0 Å². The van der Waals surface area contributed by atoms with Crippen molar-refractivity contribution in [3.05, 3.63) is 40.2 Å². The fraction of sp³-hybridized carbons (Fsp3) is 0.545. The summed E-state index contributed by atoms with van der Waals surface area (Å²) in [6.45, 7) is 8.28. The zero-order valence-corrected chi connectivity index (χ0v) is 17.9. The topological polar surface area (TPSA) is 57.4 Å². The Kier molecular flexibility index (Phi) is 6.94. The van der Waals surface area contributed by atoms with Gasteiger partial charge < -0.3 is 19.9 Å². The maximum atomic E-state index is 12.7. The first-order valence-corrected chi connectivity index (χ1v) is 10.7. The average Bonchev–Trinajstić information content (AvgIpc) is 3.19. The van der Waals surface area contributed by atoms with Gasteiger partial charge in [0.15, 0.2) is 5.11 Å². The number of rotatable bonds is 7. The van der Waals surface area contributed by atoms with E-state index < -0.39 is 0 Å². The molecule has 6 heteroatoms. The Balaban J connectivity index is 1.87. The van der Waals surface area contributed by atoms with E-state index in [-0.39, 0.29) is 5.56 Å². The van der Waals surface area contributed by atoms with Crippen molar-refractivity contribution in [2.24, 2.45) is 5.92 Å². The van der Waals surface area contributed by atoms with Crippen LogP contribution in [0.3, 0.4) is 0 Å². The summed E-state index contributed by atoms with van der Waals surface area (Å²) >= 11 is 5.71. The van der Waals surface area contributed by atoms with E-state index in [0.717, 1.165) is 46.7 Å². The monoisotopic (exact) mass is 401 g/mol. The number of nitrogens with one attached hydrogen (secondary N) is 2. The van der Waals surface area contributed by atoms with Crippen LogP contribution in [0.4, 0.5) is 0 Å². The fourth-order valence-corrected chi connectivity index (χ4v) is 4.06. The van der Waals surface area contributed by atoms with Crippen molar-refractivity contribution >= 4 is 28.2 Å². The first kappa shape index (κ1) is 20.6. The van der Waals surface area contributed by atoms with Gasteiger partial charge in [0.1, 0.15) is 5.75 Å². The Bertz CT molecular complexity index is 872. The molecule has 1 heterocycles. The van der Waals surface area contributed by atoms with Crippen LogP contribution < -0.4 is 15.6 Å². The molecular weight excluding hydrogens is 370 g/mol. The number of nitrogens with zero attached hydrogens (tertiary/aromatic N) is 1. The number of aromatic nitrogens is 1. The molecule has 1 aliphatic carbocycles. The molecule has 3 rings (SSSR count). The number of ether oxygens (including phenoxy) is 1. The highest BCUT2D eigenvalue weighted by atomic mass is 32.1. The maximum absolute atomic E-state index is 12.7. The van der Waals surface area contributed by atoms with E-state index in [1.54, 1.807) is 0 Å². The molecule has 0 bridgehead atoms. The molecule has 0 atom stereocenters. The van der Waals surface area contributed by atoms with Gasteiger partial charge in [0, 0.05) is 29.1 Å². The molecule has 2 N–H and O–H groups in total. The van der Waals surface area contributed by atoms with E-state index in [1.165, 1.54) is 12.8 Å². The predicted molar refractivity (Wildman–Crippen MR) is 119 cm³/mol. The van der Waals surface area contributed by atoms with E-state index in [4.69, 9.17) is 17.0 Å². The van der Waals surface area contributed by atoms with Gasteiger partial charge in [0.25, 0.3) is 5.56 Å². The number of hydrogen-bond donors (Lipinski definition) is 2. The average molecular weight is 402 g/mol. The van der Waals surface area contributed by atoms with Gasteiger partial charge in [-0.05, 0) is 62.2 Å². The third kappa shape index (κ3) is 5.04. The Morgan fingerprint density at radius 2 is 2.07 bits per heavy atom. The lowest BCUT2D eigenvalue weighted by molar-refractivity contribution is 0.301.